The van der Waals surface area contributed by atoms with Crippen molar-refractivity contribution in [1.29, 1.82) is 0 Å². The molecule has 1 aromatic carbocycles. The van der Waals surface area contributed by atoms with Crippen LogP contribution in [0.5, 0.6) is 0 Å². The highest BCUT2D eigenvalue weighted by Crippen LogP contribution is 2.33. The average molecular weight is 287 g/mol. The molecule has 1 aliphatic rings. The van der Waals surface area contributed by atoms with Gasteiger partial charge in [-0.1, -0.05) is 24.3 Å². The Labute approximate surface area is 124 Å². The number of nitrogens with one attached hydrogen (secondary N) is 1. The van der Waals surface area contributed by atoms with Gasteiger partial charge in [0.1, 0.15) is 0 Å². The fourth-order valence-electron chi connectivity index (χ4n) is 2.94. The molecular weight excluding hydrogens is 266 g/mol. The number of aryl methyl sites for hydroxylation is 1. The van der Waals surface area contributed by atoms with Crippen molar-refractivity contribution in [2.75, 3.05) is 7.11 Å². The van der Waals surface area contributed by atoms with Gasteiger partial charge in [0, 0.05) is 24.6 Å². The molecule has 1 aromatic heterocycles. The summed E-state index contributed by atoms with van der Waals surface area (Å²) in [5.74, 6) is 0. The van der Waals surface area contributed by atoms with Crippen molar-refractivity contribution in [2.45, 2.75) is 38.5 Å². The van der Waals surface area contributed by atoms with Gasteiger partial charge in [-0.15, -0.1) is 11.3 Å². The van der Waals surface area contributed by atoms with Crippen molar-refractivity contribution >= 4 is 11.3 Å². The number of hydrogen-bond acceptors (Lipinski definition) is 3. The Morgan fingerprint density at radius 3 is 3.10 bits per heavy atom. The molecule has 106 valence electrons. The van der Waals surface area contributed by atoms with E-state index in [1.165, 1.54) is 36.0 Å². The first-order valence-electron chi connectivity index (χ1n) is 7.23. The first-order chi connectivity index (χ1) is 9.86. The summed E-state index contributed by atoms with van der Waals surface area (Å²) >= 11 is 1.90. The Kier molecular flexibility index (Phi) is 4.51. The molecule has 0 aliphatic heterocycles. The highest BCUT2D eigenvalue weighted by molar-refractivity contribution is 7.10. The van der Waals surface area contributed by atoms with Gasteiger partial charge in [0.2, 0.25) is 0 Å². The number of benzene rings is 1. The summed E-state index contributed by atoms with van der Waals surface area (Å²) in [4.78, 5) is 1.57. The van der Waals surface area contributed by atoms with Crippen molar-refractivity contribution in [3.05, 3.63) is 57.3 Å². The summed E-state index contributed by atoms with van der Waals surface area (Å²) in [6, 6.07) is 11.5. The van der Waals surface area contributed by atoms with Crippen LogP contribution >= 0.6 is 11.3 Å². The van der Waals surface area contributed by atoms with E-state index in [-0.39, 0.29) is 0 Å². The maximum absolute atomic E-state index is 5.19. The SMILES string of the molecule is COCc1cccc(CNC2CCCc3sccc32)c1. The minimum atomic E-state index is 0.524. The Bertz CT molecular complexity index is 564. The smallest absolute Gasteiger partial charge is 0.0713 e. The van der Waals surface area contributed by atoms with Crippen molar-refractivity contribution in [1.82, 2.24) is 5.32 Å². The summed E-state index contributed by atoms with van der Waals surface area (Å²) in [6.07, 6.45) is 3.81. The lowest BCUT2D eigenvalue weighted by atomic mass is 9.94. The molecule has 1 unspecified atom stereocenters. The fourth-order valence-corrected chi connectivity index (χ4v) is 3.92. The summed E-state index contributed by atoms with van der Waals surface area (Å²) in [7, 11) is 1.74. The van der Waals surface area contributed by atoms with Crippen LogP contribution in [0.1, 0.15) is 40.5 Å². The molecule has 2 aromatic rings. The number of methoxy groups -OCH3 is 1. The Balaban J connectivity index is 1.64. The average Bonchev–Trinajstić information content (AvgIpc) is 2.95. The predicted molar refractivity (Wildman–Crippen MR) is 84.0 cm³/mol. The monoisotopic (exact) mass is 287 g/mol. The largest absolute Gasteiger partial charge is 0.380 e. The van der Waals surface area contributed by atoms with E-state index in [4.69, 9.17) is 4.74 Å². The molecule has 0 saturated heterocycles. The van der Waals surface area contributed by atoms with Gasteiger partial charge >= 0.3 is 0 Å². The van der Waals surface area contributed by atoms with Crippen molar-refractivity contribution < 1.29 is 4.74 Å². The topological polar surface area (TPSA) is 21.3 Å². The van der Waals surface area contributed by atoms with Crippen molar-refractivity contribution in [3.8, 4) is 0 Å². The normalized spacial score (nSPS) is 17.9. The van der Waals surface area contributed by atoms with Crippen LogP contribution in [0.4, 0.5) is 0 Å². The number of ether oxygens (including phenoxy) is 1. The van der Waals surface area contributed by atoms with Crippen LogP contribution in [-0.4, -0.2) is 7.11 Å². The van der Waals surface area contributed by atoms with Crippen LogP contribution in [0.15, 0.2) is 35.7 Å². The molecule has 0 bridgehead atoms. The van der Waals surface area contributed by atoms with E-state index >= 15 is 0 Å². The van der Waals surface area contributed by atoms with E-state index < -0.39 is 0 Å². The minimum Gasteiger partial charge on any atom is -0.380 e. The zero-order chi connectivity index (χ0) is 13.8. The molecule has 0 amide bonds. The van der Waals surface area contributed by atoms with Gasteiger partial charge in [-0.2, -0.15) is 0 Å². The van der Waals surface area contributed by atoms with Gasteiger partial charge in [-0.3, -0.25) is 0 Å². The Hall–Kier alpha value is -1.16. The van der Waals surface area contributed by atoms with Crippen molar-refractivity contribution in [3.63, 3.8) is 0 Å². The highest BCUT2D eigenvalue weighted by atomic mass is 32.1. The lowest BCUT2D eigenvalue weighted by Gasteiger charge is -2.24. The molecule has 1 atom stereocenters. The summed E-state index contributed by atoms with van der Waals surface area (Å²) < 4.78 is 5.19. The molecule has 20 heavy (non-hydrogen) atoms. The lowest BCUT2D eigenvalue weighted by molar-refractivity contribution is 0.185. The standard InChI is InChI=1S/C17H21NOS/c1-19-12-14-5-2-4-13(10-14)11-18-16-6-3-7-17-15(16)8-9-20-17/h2,4-5,8-10,16,18H,3,6-7,11-12H2,1H3. The molecule has 3 heteroatoms. The van der Waals surface area contributed by atoms with Gasteiger partial charge in [0.15, 0.2) is 0 Å². The van der Waals surface area contributed by atoms with E-state index in [9.17, 15) is 0 Å². The van der Waals surface area contributed by atoms with Gasteiger partial charge in [0.25, 0.3) is 0 Å². The van der Waals surface area contributed by atoms with Crippen LogP contribution in [0, 0.1) is 0 Å². The van der Waals surface area contributed by atoms with E-state index in [1.807, 2.05) is 11.3 Å². The summed E-state index contributed by atoms with van der Waals surface area (Å²) in [5, 5.41) is 5.94. The summed E-state index contributed by atoms with van der Waals surface area (Å²) in [5.41, 5.74) is 4.10. The minimum absolute atomic E-state index is 0.524. The third-order valence-electron chi connectivity index (χ3n) is 3.91. The van der Waals surface area contributed by atoms with Gasteiger partial charge in [0.05, 0.1) is 6.61 Å². The zero-order valence-electron chi connectivity index (χ0n) is 11.9. The zero-order valence-corrected chi connectivity index (χ0v) is 12.7. The first kappa shape index (κ1) is 13.8. The number of fused-ring (bicyclic) bond motifs is 1. The van der Waals surface area contributed by atoms with E-state index in [2.05, 4.69) is 41.0 Å². The fraction of sp³-hybridized carbons (Fsp3) is 0.412. The molecule has 0 saturated carbocycles. The van der Waals surface area contributed by atoms with E-state index in [0.29, 0.717) is 12.6 Å². The molecule has 0 fully saturated rings. The first-order valence-corrected chi connectivity index (χ1v) is 8.11. The van der Waals surface area contributed by atoms with E-state index in [0.717, 1.165) is 6.54 Å². The number of rotatable bonds is 5. The van der Waals surface area contributed by atoms with Crippen LogP contribution in [-0.2, 0) is 24.3 Å². The molecule has 1 N–H and O–H groups in total. The second kappa shape index (κ2) is 6.53. The maximum Gasteiger partial charge on any atom is 0.0713 e. The second-order valence-corrected chi connectivity index (χ2v) is 6.38. The third-order valence-corrected chi connectivity index (χ3v) is 4.90. The molecule has 0 spiro atoms. The predicted octanol–water partition coefficient (Wildman–Crippen LogP) is 4.06. The van der Waals surface area contributed by atoms with Gasteiger partial charge in [-0.25, -0.2) is 0 Å². The molecule has 2 nitrogen and oxygen atoms in total. The summed E-state index contributed by atoms with van der Waals surface area (Å²) in [6.45, 7) is 1.61. The molecule has 3 rings (SSSR count). The number of hydrogen-bond donors (Lipinski definition) is 1. The highest BCUT2D eigenvalue weighted by Gasteiger charge is 2.20. The lowest BCUT2D eigenvalue weighted by Crippen LogP contribution is -2.23. The van der Waals surface area contributed by atoms with E-state index in [1.54, 1.807) is 12.0 Å². The second-order valence-electron chi connectivity index (χ2n) is 5.38. The number of thiophene rings is 1. The Morgan fingerprint density at radius 1 is 1.30 bits per heavy atom. The molecular formula is C17H21NOS. The molecule has 0 radical (unpaired) electrons. The van der Waals surface area contributed by atoms with Crippen LogP contribution in [0.2, 0.25) is 0 Å². The van der Waals surface area contributed by atoms with Gasteiger partial charge in [-0.05, 0) is 47.4 Å². The quantitative estimate of drug-likeness (QED) is 0.895. The molecule has 1 heterocycles. The Morgan fingerprint density at radius 2 is 2.20 bits per heavy atom. The van der Waals surface area contributed by atoms with Crippen LogP contribution in [0.25, 0.3) is 0 Å². The molecule has 1 aliphatic carbocycles. The van der Waals surface area contributed by atoms with Crippen LogP contribution < -0.4 is 5.32 Å². The van der Waals surface area contributed by atoms with Crippen LogP contribution in [0.3, 0.4) is 0 Å². The maximum atomic E-state index is 5.19. The van der Waals surface area contributed by atoms with Crippen molar-refractivity contribution in [2.24, 2.45) is 0 Å². The third kappa shape index (κ3) is 3.11. The van der Waals surface area contributed by atoms with Gasteiger partial charge < -0.3 is 10.1 Å².